The fraction of sp³-hybridized carbons (Fsp3) is 1.00. The largest absolute Gasteiger partial charge is 0.0654 e. The van der Waals surface area contributed by atoms with Crippen molar-refractivity contribution in [2.45, 2.75) is 87.5 Å². The Morgan fingerprint density at radius 2 is 1.39 bits per heavy atom. The zero-order valence-corrected chi connectivity index (χ0v) is 14.3. The van der Waals surface area contributed by atoms with Crippen LogP contribution in [0.2, 0.25) is 0 Å². The van der Waals surface area contributed by atoms with Crippen LogP contribution in [0.5, 0.6) is 0 Å². The van der Waals surface area contributed by atoms with Crippen molar-refractivity contribution in [2.75, 3.05) is 0 Å². The van der Waals surface area contributed by atoms with Crippen molar-refractivity contribution in [3.63, 3.8) is 0 Å². The minimum absolute atomic E-state index is 0.544. The fourth-order valence-electron chi connectivity index (χ4n) is 3.85. The lowest BCUT2D eigenvalue weighted by molar-refractivity contribution is 0.0687. The molecule has 4 unspecified atom stereocenters. The van der Waals surface area contributed by atoms with Crippen molar-refractivity contribution in [3.05, 3.63) is 0 Å². The lowest BCUT2D eigenvalue weighted by atomic mass is 9.62. The summed E-state index contributed by atoms with van der Waals surface area (Å²) in [7, 11) is 0. The van der Waals surface area contributed by atoms with E-state index in [1.54, 1.807) is 0 Å². The van der Waals surface area contributed by atoms with Crippen LogP contribution in [0.25, 0.3) is 0 Å². The van der Waals surface area contributed by atoms with E-state index in [9.17, 15) is 0 Å². The third-order valence-electron chi connectivity index (χ3n) is 5.41. The molecule has 18 heavy (non-hydrogen) atoms. The van der Waals surface area contributed by atoms with Gasteiger partial charge >= 0.3 is 0 Å². The molecule has 0 radical (unpaired) electrons. The molecule has 0 saturated carbocycles. The molecule has 0 aliphatic carbocycles. The van der Waals surface area contributed by atoms with E-state index in [4.69, 9.17) is 0 Å². The van der Waals surface area contributed by atoms with Gasteiger partial charge in [-0.3, -0.25) is 0 Å². The van der Waals surface area contributed by atoms with Gasteiger partial charge in [-0.15, -0.1) is 0 Å². The van der Waals surface area contributed by atoms with Gasteiger partial charge in [-0.1, -0.05) is 74.7 Å². The van der Waals surface area contributed by atoms with E-state index in [2.05, 4.69) is 55.4 Å². The normalized spacial score (nSPS) is 20.5. The van der Waals surface area contributed by atoms with Crippen LogP contribution in [-0.4, -0.2) is 0 Å². The van der Waals surface area contributed by atoms with E-state index in [0.29, 0.717) is 5.41 Å². The predicted molar refractivity (Wildman–Crippen MR) is 84.9 cm³/mol. The Bertz CT molecular complexity index is 206. The van der Waals surface area contributed by atoms with Gasteiger partial charge in [0, 0.05) is 0 Å². The Kier molecular flexibility index (Phi) is 8.23. The van der Waals surface area contributed by atoms with E-state index in [-0.39, 0.29) is 0 Å². The lowest BCUT2D eigenvalue weighted by Gasteiger charge is -2.43. The predicted octanol–water partition coefficient (Wildman–Crippen LogP) is 6.55. The first kappa shape index (κ1) is 18.0. The molecule has 0 aliphatic rings. The van der Waals surface area contributed by atoms with E-state index >= 15 is 0 Å². The van der Waals surface area contributed by atoms with Gasteiger partial charge in [0.25, 0.3) is 0 Å². The Hall–Kier alpha value is 0. The van der Waals surface area contributed by atoms with Gasteiger partial charge in [0.15, 0.2) is 0 Å². The molecule has 0 N–H and O–H groups in total. The van der Waals surface area contributed by atoms with Crippen molar-refractivity contribution < 1.29 is 0 Å². The average molecular weight is 255 g/mol. The molecule has 0 heteroatoms. The van der Waals surface area contributed by atoms with E-state index in [1.807, 2.05) is 0 Å². The van der Waals surface area contributed by atoms with Gasteiger partial charge in [0.1, 0.15) is 0 Å². The van der Waals surface area contributed by atoms with Crippen LogP contribution >= 0.6 is 0 Å². The molecular formula is C18H38. The lowest BCUT2D eigenvalue weighted by Crippen LogP contribution is -2.34. The van der Waals surface area contributed by atoms with Crippen LogP contribution in [0, 0.1) is 29.1 Å². The third-order valence-corrected chi connectivity index (χ3v) is 5.41. The van der Waals surface area contributed by atoms with Crippen LogP contribution in [-0.2, 0) is 0 Å². The highest BCUT2D eigenvalue weighted by Crippen LogP contribution is 2.46. The van der Waals surface area contributed by atoms with Gasteiger partial charge in [0.05, 0.1) is 0 Å². The average Bonchev–Trinajstić information content (AvgIpc) is 2.29. The minimum atomic E-state index is 0.544. The zero-order chi connectivity index (χ0) is 14.3. The SMILES string of the molecule is CCCC(C)(CC(C)C(C)C)C(CC)C(C)CC. The molecule has 0 spiro atoms. The second kappa shape index (κ2) is 8.23. The summed E-state index contributed by atoms with van der Waals surface area (Å²) in [5.41, 5.74) is 0.544. The standard InChI is InChI=1S/C18H38/c1-9-12-18(8,13-16(7)14(4)5)17(11-3)15(6)10-2/h14-17H,9-13H2,1-8H3. The molecule has 0 nitrogen and oxygen atoms in total. The Labute approximate surface area is 117 Å². The molecule has 0 heterocycles. The zero-order valence-electron chi connectivity index (χ0n) is 14.3. The molecule has 4 atom stereocenters. The highest BCUT2D eigenvalue weighted by atomic mass is 14.4. The van der Waals surface area contributed by atoms with Gasteiger partial charge in [-0.05, 0) is 41.9 Å². The topological polar surface area (TPSA) is 0 Å². The highest BCUT2D eigenvalue weighted by Gasteiger charge is 2.36. The quantitative estimate of drug-likeness (QED) is 0.438. The summed E-state index contributed by atoms with van der Waals surface area (Å²) < 4.78 is 0. The van der Waals surface area contributed by atoms with Crippen LogP contribution in [0.4, 0.5) is 0 Å². The highest BCUT2D eigenvalue weighted by molar-refractivity contribution is 4.86. The van der Waals surface area contributed by atoms with Crippen molar-refractivity contribution in [3.8, 4) is 0 Å². The van der Waals surface area contributed by atoms with Crippen molar-refractivity contribution in [1.29, 1.82) is 0 Å². The Balaban J connectivity index is 4.96. The van der Waals surface area contributed by atoms with Gasteiger partial charge in [0.2, 0.25) is 0 Å². The summed E-state index contributed by atoms with van der Waals surface area (Å²) in [6, 6.07) is 0. The second-order valence-corrected chi connectivity index (χ2v) is 7.23. The molecule has 0 aromatic carbocycles. The van der Waals surface area contributed by atoms with Crippen LogP contribution in [0.1, 0.15) is 87.5 Å². The van der Waals surface area contributed by atoms with Gasteiger partial charge in [-0.2, -0.15) is 0 Å². The van der Waals surface area contributed by atoms with Gasteiger partial charge < -0.3 is 0 Å². The van der Waals surface area contributed by atoms with Crippen molar-refractivity contribution >= 4 is 0 Å². The van der Waals surface area contributed by atoms with Crippen LogP contribution in [0.15, 0.2) is 0 Å². The molecular weight excluding hydrogens is 216 g/mol. The summed E-state index contributed by atoms with van der Waals surface area (Å²) in [6.45, 7) is 19.3. The van der Waals surface area contributed by atoms with Crippen molar-refractivity contribution in [1.82, 2.24) is 0 Å². The maximum absolute atomic E-state index is 2.57. The molecule has 0 aromatic heterocycles. The summed E-state index contributed by atoms with van der Waals surface area (Å²) in [5.74, 6) is 3.42. The number of rotatable bonds is 9. The molecule has 0 bridgehead atoms. The first-order chi connectivity index (χ1) is 8.32. The van der Waals surface area contributed by atoms with E-state index < -0.39 is 0 Å². The maximum atomic E-state index is 2.57. The van der Waals surface area contributed by atoms with E-state index in [0.717, 1.165) is 23.7 Å². The van der Waals surface area contributed by atoms with Gasteiger partial charge in [-0.25, -0.2) is 0 Å². The summed E-state index contributed by atoms with van der Waals surface area (Å²) in [6.07, 6.45) is 6.80. The first-order valence-electron chi connectivity index (χ1n) is 8.32. The van der Waals surface area contributed by atoms with E-state index in [1.165, 1.54) is 32.1 Å². The third kappa shape index (κ3) is 4.94. The number of hydrogen-bond donors (Lipinski definition) is 0. The fourth-order valence-corrected chi connectivity index (χ4v) is 3.85. The first-order valence-corrected chi connectivity index (χ1v) is 8.32. The van der Waals surface area contributed by atoms with Crippen LogP contribution in [0.3, 0.4) is 0 Å². The summed E-state index contributed by atoms with van der Waals surface area (Å²) in [4.78, 5) is 0. The Morgan fingerprint density at radius 3 is 1.72 bits per heavy atom. The smallest absolute Gasteiger partial charge is 0.0293 e. The monoisotopic (exact) mass is 254 g/mol. The molecule has 0 rings (SSSR count). The molecule has 0 amide bonds. The molecule has 0 saturated heterocycles. The molecule has 0 aromatic rings. The summed E-state index contributed by atoms with van der Waals surface area (Å²) in [5, 5.41) is 0. The molecule has 0 aliphatic heterocycles. The maximum Gasteiger partial charge on any atom is -0.0293 e. The Morgan fingerprint density at radius 1 is 0.833 bits per heavy atom. The second-order valence-electron chi connectivity index (χ2n) is 7.23. The minimum Gasteiger partial charge on any atom is -0.0654 e. The van der Waals surface area contributed by atoms with Crippen LogP contribution < -0.4 is 0 Å². The number of hydrogen-bond acceptors (Lipinski definition) is 0. The molecule has 110 valence electrons. The van der Waals surface area contributed by atoms with Crippen molar-refractivity contribution in [2.24, 2.45) is 29.1 Å². The molecule has 0 fully saturated rings. The summed E-state index contributed by atoms with van der Waals surface area (Å²) >= 11 is 0.